The number of nitrogens with zero attached hydrogens (tertiary/aromatic N) is 1. The van der Waals surface area contributed by atoms with Gasteiger partial charge in [-0.25, -0.2) is 0 Å². The van der Waals surface area contributed by atoms with Gasteiger partial charge in [0, 0.05) is 24.0 Å². The van der Waals surface area contributed by atoms with Crippen molar-refractivity contribution < 1.29 is 9.53 Å². The number of amides is 1. The minimum absolute atomic E-state index is 0.0413. The number of methoxy groups -OCH3 is 1. The summed E-state index contributed by atoms with van der Waals surface area (Å²) in [6.07, 6.45) is 0. The lowest BCUT2D eigenvalue weighted by Crippen LogP contribution is -2.30. The van der Waals surface area contributed by atoms with Crippen LogP contribution in [0.25, 0.3) is 0 Å². The predicted molar refractivity (Wildman–Crippen MR) is 95.6 cm³/mol. The normalized spacial score (nSPS) is 20.2. The van der Waals surface area contributed by atoms with E-state index < -0.39 is 0 Å². The molecule has 2 aromatic rings. The first kappa shape index (κ1) is 16.8. The first-order chi connectivity index (χ1) is 11.6. The van der Waals surface area contributed by atoms with E-state index in [0.29, 0.717) is 36.0 Å². The average Bonchev–Trinajstić information content (AvgIpc) is 3.06. The third-order valence-electron chi connectivity index (χ3n) is 4.65. The average molecular weight is 345 g/mol. The lowest BCUT2D eigenvalue weighted by Gasteiger charge is -2.18. The number of carbonyl (C=O) groups is 1. The van der Waals surface area contributed by atoms with E-state index in [2.05, 4.69) is 12.1 Å². The van der Waals surface area contributed by atoms with Crippen molar-refractivity contribution in [1.29, 1.82) is 0 Å². The molecule has 4 nitrogen and oxygen atoms in total. The van der Waals surface area contributed by atoms with E-state index in [1.807, 2.05) is 23.1 Å². The second-order valence-corrected chi connectivity index (χ2v) is 6.50. The van der Waals surface area contributed by atoms with Gasteiger partial charge in [-0.15, -0.1) is 0 Å². The summed E-state index contributed by atoms with van der Waals surface area (Å²) in [6, 6.07) is 15.3. The zero-order valence-corrected chi connectivity index (χ0v) is 14.4. The molecule has 2 atom stereocenters. The highest BCUT2D eigenvalue weighted by molar-refractivity contribution is 6.30. The van der Waals surface area contributed by atoms with Crippen LogP contribution in [-0.2, 0) is 0 Å². The number of ether oxygens (including phenoxy) is 1. The molecule has 1 heterocycles. The van der Waals surface area contributed by atoms with Crippen molar-refractivity contribution in [3.63, 3.8) is 0 Å². The summed E-state index contributed by atoms with van der Waals surface area (Å²) in [4.78, 5) is 14.8. The van der Waals surface area contributed by atoms with Crippen molar-refractivity contribution in [2.24, 2.45) is 11.7 Å². The molecule has 126 valence electrons. The lowest BCUT2D eigenvalue weighted by molar-refractivity contribution is 0.0783. The predicted octanol–water partition coefficient (Wildman–Crippen LogP) is 3.16. The summed E-state index contributed by atoms with van der Waals surface area (Å²) in [7, 11) is 1.54. The third kappa shape index (κ3) is 3.25. The minimum Gasteiger partial charge on any atom is -0.496 e. The summed E-state index contributed by atoms with van der Waals surface area (Å²) in [5, 5.41) is 0.548. The van der Waals surface area contributed by atoms with Gasteiger partial charge in [-0.05, 0) is 36.2 Å². The quantitative estimate of drug-likeness (QED) is 0.926. The van der Waals surface area contributed by atoms with Crippen molar-refractivity contribution in [2.75, 3.05) is 26.7 Å². The van der Waals surface area contributed by atoms with E-state index in [9.17, 15) is 4.79 Å². The van der Waals surface area contributed by atoms with Gasteiger partial charge in [0.05, 0.1) is 12.7 Å². The lowest BCUT2D eigenvalue weighted by atomic mass is 9.89. The fourth-order valence-corrected chi connectivity index (χ4v) is 3.53. The molecular formula is C19H21ClN2O2. The molecule has 0 radical (unpaired) electrons. The Kier molecular flexibility index (Phi) is 5.07. The van der Waals surface area contributed by atoms with Crippen LogP contribution in [-0.4, -0.2) is 37.6 Å². The second-order valence-electron chi connectivity index (χ2n) is 6.07. The number of benzene rings is 2. The van der Waals surface area contributed by atoms with Crippen LogP contribution in [0.1, 0.15) is 21.8 Å². The molecule has 0 aliphatic carbocycles. The molecule has 1 saturated heterocycles. The highest BCUT2D eigenvalue weighted by atomic mass is 35.5. The number of nitrogens with two attached hydrogens (primary N) is 1. The van der Waals surface area contributed by atoms with Gasteiger partial charge >= 0.3 is 0 Å². The Labute approximate surface area is 147 Å². The maximum absolute atomic E-state index is 12.9. The molecule has 3 rings (SSSR count). The van der Waals surface area contributed by atoms with E-state index in [4.69, 9.17) is 22.1 Å². The van der Waals surface area contributed by atoms with E-state index in [0.717, 1.165) is 0 Å². The number of rotatable bonds is 4. The van der Waals surface area contributed by atoms with Crippen LogP contribution >= 0.6 is 11.6 Å². The van der Waals surface area contributed by atoms with E-state index >= 15 is 0 Å². The van der Waals surface area contributed by atoms with Gasteiger partial charge in [0.25, 0.3) is 5.91 Å². The van der Waals surface area contributed by atoms with Gasteiger partial charge in [-0.1, -0.05) is 41.9 Å². The van der Waals surface area contributed by atoms with Gasteiger partial charge in [0.1, 0.15) is 5.75 Å². The molecule has 1 aliphatic rings. The van der Waals surface area contributed by atoms with E-state index in [-0.39, 0.29) is 17.7 Å². The Hall–Kier alpha value is -2.04. The molecule has 0 aromatic heterocycles. The molecule has 2 N–H and O–H groups in total. The summed E-state index contributed by atoms with van der Waals surface area (Å²) in [5.74, 6) is 0.980. The molecule has 1 fully saturated rings. The van der Waals surface area contributed by atoms with Crippen molar-refractivity contribution in [3.05, 3.63) is 64.7 Å². The van der Waals surface area contributed by atoms with Gasteiger partial charge in [-0.2, -0.15) is 0 Å². The molecule has 0 unspecified atom stereocenters. The molecule has 24 heavy (non-hydrogen) atoms. The third-order valence-corrected chi connectivity index (χ3v) is 4.89. The van der Waals surface area contributed by atoms with Crippen LogP contribution in [0, 0.1) is 5.92 Å². The smallest absolute Gasteiger partial charge is 0.257 e. The van der Waals surface area contributed by atoms with Crippen LogP contribution in [0.2, 0.25) is 5.02 Å². The SMILES string of the molecule is COc1cc(Cl)ccc1C(=O)N1C[C@@H](CN)[C@H](c2ccccc2)C1. The number of hydrogen-bond donors (Lipinski definition) is 1. The number of halogens is 1. The van der Waals surface area contributed by atoms with Gasteiger partial charge in [0.2, 0.25) is 0 Å². The van der Waals surface area contributed by atoms with Gasteiger partial charge in [-0.3, -0.25) is 4.79 Å². The molecule has 2 aromatic carbocycles. The fourth-order valence-electron chi connectivity index (χ4n) is 3.37. The highest BCUT2D eigenvalue weighted by Crippen LogP contribution is 2.34. The number of carbonyl (C=O) groups excluding carboxylic acids is 1. The van der Waals surface area contributed by atoms with Crippen molar-refractivity contribution >= 4 is 17.5 Å². The zero-order chi connectivity index (χ0) is 17.1. The molecule has 1 aliphatic heterocycles. The molecule has 1 amide bonds. The van der Waals surface area contributed by atoms with Crippen LogP contribution in [0.4, 0.5) is 0 Å². The molecule has 0 spiro atoms. The Morgan fingerprint density at radius 2 is 2.00 bits per heavy atom. The zero-order valence-electron chi connectivity index (χ0n) is 13.6. The first-order valence-electron chi connectivity index (χ1n) is 8.02. The molecular weight excluding hydrogens is 324 g/mol. The van der Waals surface area contributed by atoms with Crippen LogP contribution in [0.15, 0.2) is 48.5 Å². The monoisotopic (exact) mass is 344 g/mol. The number of hydrogen-bond acceptors (Lipinski definition) is 3. The Morgan fingerprint density at radius 1 is 1.25 bits per heavy atom. The van der Waals surface area contributed by atoms with Crippen LogP contribution < -0.4 is 10.5 Å². The second kappa shape index (κ2) is 7.24. The molecule has 0 bridgehead atoms. The van der Waals surface area contributed by atoms with E-state index in [1.165, 1.54) is 5.56 Å². The minimum atomic E-state index is -0.0413. The van der Waals surface area contributed by atoms with Crippen LogP contribution in [0.3, 0.4) is 0 Å². The molecule has 0 saturated carbocycles. The van der Waals surface area contributed by atoms with Crippen LogP contribution in [0.5, 0.6) is 5.75 Å². The van der Waals surface area contributed by atoms with Crippen molar-refractivity contribution in [1.82, 2.24) is 4.90 Å². The summed E-state index contributed by atoms with van der Waals surface area (Å²) in [6.45, 7) is 1.87. The Bertz CT molecular complexity index is 721. The first-order valence-corrected chi connectivity index (χ1v) is 8.39. The maximum atomic E-state index is 12.9. The summed E-state index contributed by atoms with van der Waals surface area (Å²) >= 11 is 5.99. The topological polar surface area (TPSA) is 55.6 Å². The summed E-state index contributed by atoms with van der Waals surface area (Å²) in [5.41, 5.74) is 7.72. The molecule has 5 heteroatoms. The van der Waals surface area contributed by atoms with E-state index in [1.54, 1.807) is 25.3 Å². The maximum Gasteiger partial charge on any atom is 0.257 e. The van der Waals surface area contributed by atoms with Crippen molar-refractivity contribution in [2.45, 2.75) is 5.92 Å². The van der Waals surface area contributed by atoms with Gasteiger partial charge in [0.15, 0.2) is 0 Å². The van der Waals surface area contributed by atoms with Crippen molar-refractivity contribution in [3.8, 4) is 5.75 Å². The summed E-state index contributed by atoms with van der Waals surface area (Å²) < 4.78 is 5.31. The fraction of sp³-hybridized carbons (Fsp3) is 0.316. The highest BCUT2D eigenvalue weighted by Gasteiger charge is 2.36. The Balaban J connectivity index is 1.84. The number of likely N-dealkylation sites (tertiary alicyclic amines) is 1. The Morgan fingerprint density at radius 3 is 2.67 bits per heavy atom. The van der Waals surface area contributed by atoms with Gasteiger partial charge < -0.3 is 15.4 Å². The standard InChI is InChI=1S/C19H21ClN2O2/c1-24-18-9-15(20)7-8-16(18)19(23)22-11-14(10-21)17(12-22)13-5-3-2-4-6-13/h2-9,14,17H,10-12,21H2,1H3/t14-,17+/m1/s1. The largest absolute Gasteiger partial charge is 0.496 e.